The van der Waals surface area contributed by atoms with Crippen LogP contribution in [0.5, 0.6) is 0 Å². The summed E-state index contributed by atoms with van der Waals surface area (Å²) in [6.45, 7) is 0. The van der Waals surface area contributed by atoms with Crippen molar-refractivity contribution >= 4 is 49.7 Å². The summed E-state index contributed by atoms with van der Waals surface area (Å²) in [4.78, 5) is 11.5. The van der Waals surface area contributed by atoms with Gasteiger partial charge in [0.2, 0.25) is 5.91 Å². The van der Waals surface area contributed by atoms with Crippen LogP contribution in [-0.4, -0.2) is 14.3 Å². The molecule has 0 aromatic heterocycles. The number of amides is 1. The Morgan fingerprint density at radius 2 is 1.78 bits per heavy atom. The van der Waals surface area contributed by atoms with E-state index in [1.165, 1.54) is 23.3 Å². The van der Waals surface area contributed by atoms with E-state index in [0.717, 1.165) is 23.6 Å². The highest BCUT2D eigenvalue weighted by Crippen LogP contribution is 2.37. The van der Waals surface area contributed by atoms with Crippen LogP contribution in [0.15, 0.2) is 47.4 Å². The fourth-order valence-corrected chi connectivity index (χ4v) is 5.63. The van der Waals surface area contributed by atoms with Crippen molar-refractivity contribution in [2.24, 2.45) is 0 Å². The average Bonchev–Trinajstić information content (AvgIpc) is 3.20. The molecule has 27 heavy (non-hydrogen) atoms. The normalized spacial score (nSPS) is 15.1. The van der Waals surface area contributed by atoms with E-state index < -0.39 is 10.0 Å². The average molecular weight is 399 g/mol. The van der Waals surface area contributed by atoms with Crippen molar-refractivity contribution in [3.8, 4) is 0 Å². The number of aryl methyl sites for hydroxylation is 2. The molecule has 0 saturated heterocycles. The summed E-state index contributed by atoms with van der Waals surface area (Å²) in [6, 6.07) is 12.7. The number of hydrogen-bond acceptors (Lipinski definition) is 3. The molecule has 0 atom stereocenters. The number of hydrogen-bond donors (Lipinski definition) is 2. The van der Waals surface area contributed by atoms with Crippen LogP contribution in [0, 0.1) is 0 Å². The lowest BCUT2D eigenvalue weighted by atomic mass is 10.0. The Labute approximate surface area is 161 Å². The molecule has 1 aliphatic heterocycles. The Morgan fingerprint density at radius 3 is 2.59 bits per heavy atom. The lowest BCUT2D eigenvalue weighted by Gasteiger charge is -2.14. The summed E-state index contributed by atoms with van der Waals surface area (Å²) in [5.74, 6) is -0.170. The quantitative estimate of drug-likeness (QED) is 0.702. The largest absolute Gasteiger partial charge is 0.325 e. The minimum Gasteiger partial charge on any atom is -0.325 e. The fraction of sp³-hybridized carbons (Fsp3) is 0.150. The van der Waals surface area contributed by atoms with Crippen molar-refractivity contribution in [1.82, 2.24) is 0 Å². The Kier molecular flexibility index (Phi) is 3.51. The second-order valence-corrected chi connectivity index (χ2v) is 8.94. The molecule has 136 valence electrons. The molecule has 0 saturated carbocycles. The van der Waals surface area contributed by atoms with E-state index in [1.54, 1.807) is 6.07 Å². The molecule has 2 N–H and O–H groups in total. The minimum absolute atomic E-state index is 0.0253. The molecule has 2 aliphatic rings. The summed E-state index contributed by atoms with van der Waals surface area (Å²) >= 11 is 6.21. The van der Waals surface area contributed by atoms with Crippen molar-refractivity contribution < 1.29 is 13.2 Å². The SMILES string of the molecule is O=C1Cc2cc(S(=O)(=O)Nc3ccc4c5c(cccc35)CC4)c(Cl)cc2N1. The molecule has 1 amide bonds. The van der Waals surface area contributed by atoms with Crippen LogP contribution in [0.25, 0.3) is 10.8 Å². The maximum Gasteiger partial charge on any atom is 0.263 e. The van der Waals surface area contributed by atoms with E-state index in [1.807, 2.05) is 18.2 Å². The van der Waals surface area contributed by atoms with Gasteiger partial charge in [-0.1, -0.05) is 35.9 Å². The lowest BCUT2D eigenvalue weighted by molar-refractivity contribution is -0.115. The summed E-state index contributed by atoms with van der Waals surface area (Å²) in [6.07, 6.45) is 2.09. The third-order valence-electron chi connectivity index (χ3n) is 5.19. The van der Waals surface area contributed by atoms with Gasteiger partial charge in [0, 0.05) is 11.1 Å². The Hall–Kier alpha value is -2.57. The van der Waals surface area contributed by atoms with E-state index in [4.69, 9.17) is 11.6 Å². The van der Waals surface area contributed by atoms with Crippen molar-refractivity contribution in [2.45, 2.75) is 24.2 Å². The van der Waals surface area contributed by atoms with Gasteiger partial charge in [-0.25, -0.2) is 8.42 Å². The standard InChI is InChI=1S/C20H15ClN2O3S/c21-15-10-17-13(9-19(24)22-17)8-18(15)27(25,26)23-16-7-6-12-5-4-11-2-1-3-14(16)20(11)12/h1-3,6-8,10,23H,4-5,9H2,(H,22,24). The van der Waals surface area contributed by atoms with Gasteiger partial charge in [-0.2, -0.15) is 0 Å². The Bertz CT molecular complexity index is 1240. The van der Waals surface area contributed by atoms with E-state index in [-0.39, 0.29) is 22.2 Å². The highest BCUT2D eigenvalue weighted by Gasteiger charge is 2.26. The summed E-state index contributed by atoms with van der Waals surface area (Å²) in [7, 11) is -3.90. The number of nitrogens with one attached hydrogen (secondary N) is 2. The summed E-state index contributed by atoms with van der Waals surface area (Å²) < 4.78 is 28.7. The van der Waals surface area contributed by atoms with Gasteiger partial charge in [0.1, 0.15) is 4.90 Å². The first-order chi connectivity index (χ1) is 12.9. The molecule has 1 heterocycles. The first-order valence-electron chi connectivity index (χ1n) is 8.61. The molecule has 0 spiro atoms. The van der Waals surface area contributed by atoms with Gasteiger partial charge in [-0.3, -0.25) is 9.52 Å². The molecule has 5 rings (SSSR count). The van der Waals surface area contributed by atoms with Gasteiger partial charge in [0.05, 0.1) is 17.1 Å². The number of carbonyl (C=O) groups excluding carboxylic acids is 1. The molecule has 3 aromatic carbocycles. The molecule has 0 bridgehead atoms. The van der Waals surface area contributed by atoms with Crippen molar-refractivity contribution in [2.75, 3.05) is 10.0 Å². The number of carbonyl (C=O) groups is 1. The monoisotopic (exact) mass is 398 g/mol. The van der Waals surface area contributed by atoms with Gasteiger partial charge in [-0.05, 0) is 53.1 Å². The number of halogens is 1. The predicted molar refractivity (Wildman–Crippen MR) is 106 cm³/mol. The van der Waals surface area contributed by atoms with Gasteiger partial charge in [-0.15, -0.1) is 0 Å². The number of benzene rings is 3. The molecular formula is C20H15ClN2O3S. The molecule has 1 aliphatic carbocycles. The van der Waals surface area contributed by atoms with Gasteiger partial charge < -0.3 is 5.32 Å². The van der Waals surface area contributed by atoms with Crippen molar-refractivity contribution in [1.29, 1.82) is 0 Å². The smallest absolute Gasteiger partial charge is 0.263 e. The van der Waals surface area contributed by atoms with E-state index in [0.29, 0.717) is 16.9 Å². The second-order valence-electron chi connectivity index (χ2n) is 6.88. The van der Waals surface area contributed by atoms with Crippen LogP contribution in [0.1, 0.15) is 16.7 Å². The maximum absolute atomic E-state index is 13.0. The first-order valence-corrected chi connectivity index (χ1v) is 10.5. The second kappa shape index (κ2) is 5.71. The first kappa shape index (κ1) is 16.6. The zero-order chi connectivity index (χ0) is 18.8. The number of fused-ring (bicyclic) bond motifs is 1. The predicted octanol–water partition coefficient (Wildman–Crippen LogP) is 3.89. The van der Waals surface area contributed by atoms with E-state index in [9.17, 15) is 13.2 Å². The number of sulfonamides is 1. The Balaban J connectivity index is 1.60. The van der Waals surface area contributed by atoms with Crippen molar-refractivity contribution in [3.05, 3.63) is 64.2 Å². The highest BCUT2D eigenvalue weighted by atomic mass is 35.5. The Morgan fingerprint density at radius 1 is 1.00 bits per heavy atom. The highest BCUT2D eigenvalue weighted by molar-refractivity contribution is 7.92. The maximum atomic E-state index is 13.0. The van der Waals surface area contributed by atoms with Gasteiger partial charge in [0.15, 0.2) is 0 Å². The van der Waals surface area contributed by atoms with Crippen LogP contribution in [0.4, 0.5) is 11.4 Å². The molecular weight excluding hydrogens is 384 g/mol. The fourth-order valence-electron chi connectivity index (χ4n) is 3.97. The summed E-state index contributed by atoms with van der Waals surface area (Å²) in [5, 5.41) is 4.77. The summed E-state index contributed by atoms with van der Waals surface area (Å²) in [5.41, 5.74) is 4.20. The van der Waals surface area contributed by atoms with Crippen LogP contribution in [0.3, 0.4) is 0 Å². The molecule has 3 aromatic rings. The van der Waals surface area contributed by atoms with Crippen LogP contribution >= 0.6 is 11.6 Å². The van der Waals surface area contributed by atoms with Gasteiger partial charge >= 0.3 is 0 Å². The van der Waals surface area contributed by atoms with E-state index in [2.05, 4.69) is 16.1 Å². The third kappa shape index (κ3) is 2.59. The van der Waals surface area contributed by atoms with Crippen LogP contribution < -0.4 is 10.0 Å². The van der Waals surface area contributed by atoms with Gasteiger partial charge in [0.25, 0.3) is 10.0 Å². The van der Waals surface area contributed by atoms with Crippen molar-refractivity contribution in [3.63, 3.8) is 0 Å². The van der Waals surface area contributed by atoms with Crippen LogP contribution in [-0.2, 0) is 34.1 Å². The topological polar surface area (TPSA) is 75.3 Å². The molecule has 7 heteroatoms. The number of anilines is 2. The minimum atomic E-state index is -3.90. The third-order valence-corrected chi connectivity index (χ3v) is 7.02. The zero-order valence-corrected chi connectivity index (χ0v) is 15.7. The number of rotatable bonds is 3. The molecule has 0 fully saturated rings. The lowest BCUT2D eigenvalue weighted by Crippen LogP contribution is -2.14. The molecule has 5 nitrogen and oxygen atoms in total. The zero-order valence-electron chi connectivity index (χ0n) is 14.2. The molecule has 0 unspecified atom stereocenters. The van der Waals surface area contributed by atoms with Crippen LogP contribution in [0.2, 0.25) is 5.02 Å². The molecule has 0 radical (unpaired) electrons. The van der Waals surface area contributed by atoms with E-state index >= 15 is 0 Å².